The second-order valence-electron chi connectivity index (χ2n) is 0.0452. The average molecular weight is 1480 g/mol. The SMILES string of the molecule is [CH2-]N.[CH2-]N.[I][Pt+2][I].[Pt].[Pt].[Pt].[Pt].[Pt]. The predicted molar refractivity (Wildman–Crippen MR) is 47.1 cm³/mol. The van der Waals surface area contributed by atoms with Crippen molar-refractivity contribution < 1.29 is 117 Å². The summed E-state index contributed by atoms with van der Waals surface area (Å²) in [6.07, 6.45) is 0. The maximum atomic E-state index is 4.25. The summed E-state index contributed by atoms with van der Waals surface area (Å²) in [4.78, 5) is 0. The molecule has 0 rings (SSSR count). The molecular formula is C2H8I2N2Pt6. The summed E-state index contributed by atoms with van der Waals surface area (Å²) < 4.78 is 0. The van der Waals surface area contributed by atoms with Gasteiger partial charge < -0.3 is 11.5 Å². The molecule has 0 atom stereocenters. The van der Waals surface area contributed by atoms with Crippen LogP contribution in [-0.4, -0.2) is 0 Å². The number of hydrogen-bond donors (Lipinski definition) is 2. The Bertz CT molecular complexity index is 21.5. The Balaban J connectivity index is -0.00000000281. The van der Waals surface area contributed by atoms with E-state index in [0.29, 0.717) is 11.2 Å². The van der Waals surface area contributed by atoms with Crippen molar-refractivity contribution >= 4 is 38.7 Å². The quantitative estimate of drug-likeness (QED) is 0.284. The van der Waals surface area contributed by atoms with Gasteiger partial charge in [0.05, 0.1) is 0 Å². The molecule has 0 aromatic rings. The first-order chi connectivity index (χ1) is 3.41. The molecule has 0 fully saturated rings. The van der Waals surface area contributed by atoms with E-state index in [2.05, 4.69) is 64.3 Å². The molecule has 0 aliphatic rings. The molecule has 12 heavy (non-hydrogen) atoms. The minimum atomic E-state index is 0. The first-order valence-corrected chi connectivity index (χ1v) is 13.9. The molecule has 0 saturated carbocycles. The van der Waals surface area contributed by atoms with Crippen LogP contribution in [0.2, 0.25) is 0 Å². The largest absolute Gasteiger partial charge is 0 e. The fourth-order valence-electron chi connectivity index (χ4n) is 0. The fourth-order valence-corrected chi connectivity index (χ4v) is 0. The molecule has 0 radical (unpaired) electrons. The van der Waals surface area contributed by atoms with E-state index in [1.165, 1.54) is 0 Å². The third kappa shape index (κ3) is 108. The van der Waals surface area contributed by atoms with Crippen LogP contribution in [-0.2, 0) is 117 Å². The molecular weight excluding hydrogens is 1480 g/mol. The van der Waals surface area contributed by atoms with E-state index < -0.39 is 0 Å². The minimum absolute atomic E-state index is 0. The topological polar surface area (TPSA) is 52.0 Å². The van der Waals surface area contributed by atoms with Crippen molar-refractivity contribution in [3.8, 4) is 0 Å². The van der Waals surface area contributed by atoms with Gasteiger partial charge in [0.25, 0.3) is 0 Å². The summed E-state index contributed by atoms with van der Waals surface area (Å²) in [6, 6.07) is 0. The van der Waals surface area contributed by atoms with Gasteiger partial charge in [0.2, 0.25) is 0 Å². The van der Waals surface area contributed by atoms with Gasteiger partial charge in [0.1, 0.15) is 0 Å². The van der Waals surface area contributed by atoms with E-state index in [-0.39, 0.29) is 105 Å². The van der Waals surface area contributed by atoms with Crippen molar-refractivity contribution in [2.75, 3.05) is 0 Å². The van der Waals surface area contributed by atoms with Crippen molar-refractivity contribution in [3.05, 3.63) is 14.1 Å². The molecule has 0 bridgehead atoms. The van der Waals surface area contributed by atoms with Gasteiger partial charge in [-0.3, -0.25) is 14.1 Å². The first-order valence-electron chi connectivity index (χ1n) is 1.06. The zero-order valence-corrected chi connectivity index (χ0v) is 23.2. The second-order valence-corrected chi connectivity index (χ2v) is 16.6. The molecule has 4 N–H and O–H groups in total. The Morgan fingerprint density at radius 2 is 0.667 bits per heavy atom. The smallest absolute Gasteiger partial charge is 0 e. The van der Waals surface area contributed by atoms with Crippen LogP contribution in [0.25, 0.3) is 0 Å². The van der Waals surface area contributed by atoms with Crippen LogP contribution in [0.5, 0.6) is 0 Å². The van der Waals surface area contributed by atoms with Gasteiger partial charge in [0, 0.05) is 105 Å². The van der Waals surface area contributed by atoms with Crippen LogP contribution < -0.4 is 11.5 Å². The van der Waals surface area contributed by atoms with Crippen LogP contribution in [0.4, 0.5) is 0 Å². The molecule has 0 aromatic heterocycles. The number of nitrogens with two attached hydrogens (primary N) is 2. The zero-order valence-electron chi connectivity index (χ0n) is 5.22. The summed E-state index contributed by atoms with van der Waals surface area (Å²) >= 11 is 5.30. The molecule has 0 spiro atoms. The van der Waals surface area contributed by atoms with Crippen molar-refractivity contribution in [2.24, 2.45) is 11.5 Å². The Hall–Kier alpha value is 5.51. The number of halogens is 2. The Labute approximate surface area is 176 Å². The van der Waals surface area contributed by atoms with Gasteiger partial charge in [-0.15, -0.1) is 0 Å². The van der Waals surface area contributed by atoms with Gasteiger partial charge in [0.15, 0.2) is 0 Å². The van der Waals surface area contributed by atoms with Crippen LogP contribution >= 0.6 is 38.7 Å². The zero-order chi connectivity index (χ0) is 6.71. The third-order valence-electron chi connectivity index (χ3n) is 0. The summed E-state index contributed by atoms with van der Waals surface area (Å²) in [7, 11) is 5.50. The Kier molecular flexibility index (Phi) is 412. The first kappa shape index (κ1) is 52.8. The van der Waals surface area contributed by atoms with Crippen molar-refractivity contribution in [3.63, 3.8) is 0 Å². The van der Waals surface area contributed by atoms with E-state index in [1.807, 2.05) is 0 Å². The number of rotatable bonds is 0. The average Bonchev–Trinajstić information content (AvgIpc) is 1.78. The normalized spacial score (nSPS) is 2.83. The monoisotopic (exact) mass is 1480 g/mol. The van der Waals surface area contributed by atoms with Gasteiger partial charge in [-0.1, -0.05) is 0 Å². The van der Waals surface area contributed by atoms with Crippen LogP contribution in [0.1, 0.15) is 0 Å². The standard InChI is InChI=1S/2CH4N.2HI.6Pt/c2*1-2;;;;;;;;/h2*1-2H2;2*1H;;;;;;/q2*-1;;;;;;;;+4/p-2. The summed E-state index contributed by atoms with van der Waals surface area (Å²) in [5.41, 5.74) is 8.50. The van der Waals surface area contributed by atoms with Gasteiger partial charge >= 0.3 is 49.9 Å². The molecule has 0 aliphatic heterocycles. The van der Waals surface area contributed by atoms with E-state index >= 15 is 0 Å². The van der Waals surface area contributed by atoms with E-state index in [0.717, 1.165) is 0 Å². The summed E-state index contributed by atoms with van der Waals surface area (Å²) in [5, 5.41) is 0. The molecule has 0 unspecified atom stereocenters. The molecule has 0 saturated heterocycles. The Morgan fingerprint density at radius 1 is 0.667 bits per heavy atom. The summed E-state index contributed by atoms with van der Waals surface area (Å²) in [6.45, 7) is 0. The Morgan fingerprint density at radius 3 is 0.667 bits per heavy atom. The van der Waals surface area contributed by atoms with Gasteiger partial charge in [-0.25, -0.2) is 0 Å². The number of hydrogen-bond acceptors (Lipinski definition) is 2. The molecule has 0 aliphatic carbocycles. The fraction of sp³-hybridized carbons (Fsp3) is 0. The summed E-state index contributed by atoms with van der Waals surface area (Å²) in [5.74, 6) is 0. The second kappa shape index (κ2) is 93.7. The van der Waals surface area contributed by atoms with Crippen LogP contribution in [0.3, 0.4) is 0 Å². The van der Waals surface area contributed by atoms with Crippen LogP contribution in [0.15, 0.2) is 0 Å². The van der Waals surface area contributed by atoms with E-state index in [4.69, 9.17) is 0 Å². The molecule has 0 aromatic carbocycles. The predicted octanol–water partition coefficient (Wildman–Crippen LogP) is 1.23. The molecule has 10 heteroatoms. The maximum absolute atomic E-state index is 4.25. The van der Waals surface area contributed by atoms with Crippen molar-refractivity contribution in [1.29, 1.82) is 0 Å². The van der Waals surface area contributed by atoms with Gasteiger partial charge in [-0.2, -0.15) is 0 Å². The molecule has 0 amide bonds. The van der Waals surface area contributed by atoms with Gasteiger partial charge in [-0.05, 0) is 0 Å². The van der Waals surface area contributed by atoms with Crippen molar-refractivity contribution in [1.82, 2.24) is 0 Å². The third-order valence-corrected chi connectivity index (χ3v) is 0. The molecule has 0 heterocycles. The van der Waals surface area contributed by atoms with E-state index in [9.17, 15) is 0 Å². The van der Waals surface area contributed by atoms with Crippen molar-refractivity contribution in [2.45, 2.75) is 0 Å². The maximum Gasteiger partial charge on any atom is 0 e. The minimum Gasteiger partial charge on any atom is 0 e. The molecule has 2 nitrogen and oxygen atoms in total. The van der Waals surface area contributed by atoms with E-state index in [1.54, 1.807) is 0 Å². The molecule has 100 valence electrons. The van der Waals surface area contributed by atoms with Crippen LogP contribution in [0, 0.1) is 14.1 Å².